The van der Waals surface area contributed by atoms with Crippen LogP contribution in [0.4, 0.5) is 0 Å². The smallest absolute Gasteiger partial charge is 0.153 e. The van der Waals surface area contributed by atoms with Crippen molar-refractivity contribution < 1.29 is 5.32 Å². The summed E-state index contributed by atoms with van der Waals surface area (Å²) in [6.45, 7) is 2.26. The normalized spacial score (nSPS) is 19.9. The van der Waals surface area contributed by atoms with Crippen LogP contribution in [0.2, 0.25) is 0 Å². The molecule has 0 saturated heterocycles. The number of aromatic nitrogens is 2. The third kappa shape index (κ3) is 1.45. The molecule has 1 atom stereocenters. The van der Waals surface area contributed by atoms with Gasteiger partial charge in [0.1, 0.15) is 0 Å². The van der Waals surface area contributed by atoms with Gasteiger partial charge in [0, 0.05) is 24.2 Å². The summed E-state index contributed by atoms with van der Waals surface area (Å²) in [4.78, 5) is 4.06. The fraction of sp³-hybridized carbons (Fsp3) is 0.250. The zero-order chi connectivity index (χ0) is 10.1. The second-order valence-electron chi connectivity index (χ2n) is 3.91. The predicted octanol–water partition coefficient (Wildman–Crippen LogP) is 0.549. The summed E-state index contributed by atoms with van der Waals surface area (Å²) in [7, 11) is 0. The summed E-state index contributed by atoms with van der Waals surface area (Å²) < 4.78 is 2.34. The summed E-state index contributed by atoms with van der Waals surface area (Å²) in [5.41, 5.74) is 2.73. The van der Waals surface area contributed by atoms with Gasteiger partial charge in [-0.05, 0) is 24.3 Å². The van der Waals surface area contributed by atoms with Gasteiger partial charge in [0.25, 0.3) is 0 Å². The van der Waals surface area contributed by atoms with E-state index in [0.717, 1.165) is 13.1 Å². The lowest BCUT2D eigenvalue weighted by Gasteiger charge is -2.23. The molecule has 3 rings (SSSR count). The Balaban J connectivity index is 2.03. The van der Waals surface area contributed by atoms with Gasteiger partial charge in [-0.15, -0.1) is 0 Å². The van der Waals surface area contributed by atoms with Gasteiger partial charge in [0.05, 0.1) is 18.8 Å². The molecule has 3 nitrogen and oxygen atoms in total. The van der Waals surface area contributed by atoms with Crippen molar-refractivity contribution in [2.75, 3.05) is 6.54 Å². The quantitative estimate of drug-likeness (QED) is 0.716. The zero-order valence-corrected chi connectivity index (χ0v) is 8.50. The fourth-order valence-electron chi connectivity index (χ4n) is 2.29. The van der Waals surface area contributed by atoms with Crippen molar-refractivity contribution in [3.05, 3.63) is 54.1 Å². The highest BCUT2D eigenvalue weighted by Crippen LogP contribution is 2.19. The largest absolute Gasteiger partial charge is 0.341 e. The molecule has 0 aliphatic carbocycles. The Morgan fingerprint density at radius 3 is 3.00 bits per heavy atom. The Morgan fingerprint density at radius 2 is 2.13 bits per heavy atom. The highest BCUT2D eigenvalue weighted by atomic mass is 15.1. The van der Waals surface area contributed by atoms with E-state index in [0.29, 0.717) is 6.04 Å². The standard InChI is InChI=1S/C12H13N3/c1-2-11-12(10-3-5-13-6-4-10)14-7-9-15(11)8-1/h1-6,8,12,14H,7,9H2/p+1/t12-/m0/s1. The van der Waals surface area contributed by atoms with Crippen LogP contribution >= 0.6 is 0 Å². The van der Waals surface area contributed by atoms with Crippen LogP contribution in [-0.2, 0) is 6.54 Å². The molecule has 0 saturated carbocycles. The summed E-state index contributed by atoms with van der Waals surface area (Å²) in [5, 5.41) is 2.39. The van der Waals surface area contributed by atoms with Crippen LogP contribution in [0.3, 0.4) is 0 Å². The SMILES string of the molecule is c1cc2n(c1)CC[NH2+][C@H]2c1ccncc1. The molecule has 1 aliphatic rings. The van der Waals surface area contributed by atoms with Crippen molar-refractivity contribution in [2.24, 2.45) is 0 Å². The van der Waals surface area contributed by atoms with E-state index in [-0.39, 0.29) is 0 Å². The van der Waals surface area contributed by atoms with Crippen molar-refractivity contribution in [3.8, 4) is 0 Å². The fourth-order valence-corrected chi connectivity index (χ4v) is 2.29. The Labute approximate surface area is 88.8 Å². The maximum Gasteiger partial charge on any atom is 0.153 e. The molecule has 2 aromatic heterocycles. The second-order valence-corrected chi connectivity index (χ2v) is 3.91. The summed E-state index contributed by atoms with van der Waals surface area (Å²) >= 11 is 0. The van der Waals surface area contributed by atoms with E-state index in [9.17, 15) is 0 Å². The minimum absolute atomic E-state index is 0.441. The molecule has 0 spiro atoms. The Bertz CT molecular complexity index is 447. The van der Waals surface area contributed by atoms with E-state index in [1.165, 1.54) is 11.3 Å². The third-order valence-electron chi connectivity index (χ3n) is 3.02. The first kappa shape index (κ1) is 8.68. The lowest BCUT2D eigenvalue weighted by Crippen LogP contribution is -2.88. The molecule has 0 radical (unpaired) electrons. The monoisotopic (exact) mass is 200 g/mol. The molecule has 0 unspecified atom stereocenters. The van der Waals surface area contributed by atoms with Crippen molar-refractivity contribution in [3.63, 3.8) is 0 Å². The second kappa shape index (κ2) is 3.51. The lowest BCUT2D eigenvalue weighted by molar-refractivity contribution is -0.693. The molecule has 2 N–H and O–H groups in total. The van der Waals surface area contributed by atoms with E-state index in [1.807, 2.05) is 12.4 Å². The zero-order valence-electron chi connectivity index (χ0n) is 8.50. The summed E-state index contributed by atoms with van der Waals surface area (Å²) in [6.07, 6.45) is 5.90. The molecule has 0 fully saturated rings. The molecule has 3 heteroatoms. The number of nitrogens with two attached hydrogens (primary N) is 1. The average Bonchev–Trinajstić information content (AvgIpc) is 2.78. The van der Waals surface area contributed by atoms with E-state index in [2.05, 4.69) is 45.3 Å². The minimum atomic E-state index is 0.441. The molecule has 0 amide bonds. The molecule has 0 aromatic carbocycles. The van der Waals surface area contributed by atoms with Crippen LogP contribution in [0.25, 0.3) is 0 Å². The van der Waals surface area contributed by atoms with E-state index < -0.39 is 0 Å². The van der Waals surface area contributed by atoms with Gasteiger partial charge < -0.3 is 9.88 Å². The van der Waals surface area contributed by atoms with Crippen LogP contribution in [0.1, 0.15) is 17.3 Å². The summed E-state index contributed by atoms with van der Waals surface area (Å²) in [6, 6.07) is 8.98. The average molecular weight is 200 g/mol. The van der Waals surface area contributed by atoms with Gasteiger partial charge in [-0.25, -0.2) is 0 Å². The van der Waals surface area contributed by atoms with Crippen LogP contribution in [0, 0.1) is 0 Å². The topological polar surface area (TPSA) is 34.4 Å². The van der Waals surface area contributed by atoms with Gasteiger partial charge in [-0.1, -0.05) is 0 Å². The number of rotatable bonds is 1. The van der Waals surface area contributed by atoms with Crippen LogP contribution in [0.15, 0.2) is 42.9 Å². The van der Waals surface area contributed by atoms with Crippen molar-refractivity contribution in [1.29, 1.82) is 0 Å². The first-order valence-electron chi connectivity index (χ1n) is 5.33. The Kier molecular flexibility index (Phi) is 2.03. The molecule has 0 bridgehead atoms. The van der Waals surface area contributed by atoms with E-state index >= 15 is 0 Å². The van der Waals surface area contributed by atoms with Gasteiger partial charge >= 0.3 is 0 Å². The van der Waals surface area contributed by atoms with Crippen LogP contribution in [-0.4, -0.2) is 16.1 Å². The molecule has 76 valence electrons. The molecule has 2 aromatic rings. The van der Waals surface area contributed by atoms with Gasteiger partial charge in [0.2, 0.25) is 0 Å². The van der Waals surface area contributed by atoms with Gasteiger partial charge in [0.15, 0.2) is 6.04 Å². The molecule has 15 heavy (non-hydrogen) atoms. The van der Waals surface area contributed by atoms with Crippen LogP contribution in [0.5, 0.6) is 0 Å². The molecule has 1 aliphatic heterocycles. The minimum Gasteiger partial charge on any atom is -0.341 e. The highest BCUT2D eigenvalue weighted by molar-refractivity contribution is 5.24. The number of quaternary nitrogens is 1. The number of pyridine rings is 1. The number of hydrogen-bond donors (Lipinski definition) is 1. The molecule has 3 heterocycles. The number of fused-ring (bicyclic) bond motifs is 1. The lowest BCUT2D eigenvalue weighted by atomic mass is 10.0. The van der Waals surface area contributed by atoms with E-state index in [4.69, 9.17) is 0 Å². The van der Waals surface area contributed by atoms with Gasteiger partial charge in [-0.2, -0.15) is 0 Å². The first-order valence-corrected chi connectivity index (χ1v) is 5.33. The van der Waals surface area contributed by atoms with Crippen molar-refractivity contribution in [1.82, 2.24) is 9.55 Å². The summed E-state index contributed by atoms with van der Waals surface area (Å²) in [5.74, 6) is 0. The van der Waals surface area contributed by atoms with E-state index in [1.54, 1.807) is 0 Å². The molecular weight excluding hydrogens is 186 g/mol. The highest BCUT2D eigenvalue weighted by Gasteiger charge is 2.23. The third-order valence-corrected chi connectivity index (χ3v) is 3.02. The van der Waals surface area contributed by atoms with Crippen LogP contribution < -0.4 is 5.32 Å². The van der Waals surface area contributed by atoms with Crippen molar-refractivity contribution in [2.45, 2.75) is 12.6 Å². The maximum absolute atomic E-state index is 4.06. The maximum atomic E-state index is 4.06. The Morgan fingerprint density at radius 1 is 1.27 bits per heavy atom. The van der Waals surface area contributed by atoms with Gasteiger partial charge in [-0.3, -0.25) is 4.98 Å². The number of nitrogens with zero attached hydrogens (tertiary/aromatic N) is 2. The van der Waals surface area contributed by atoms with Crippen molar-refractivity contribution >= 4 is 0 Å². The first-order chi connectivity index (χ1) is 7.45. The number of hydrogen-bond acceptors (Lipinski definition) is 1. The molecular formula is C12H14N3+. The Hall–Kier alpha value is -1.61. The predicted molar refractivity (Wildman–Crippen MR) is 57.3 cm³/mol.